The van der Waals surface area contributed by atoms with E-state index in [1.165, 1.54) is 7.05 Å². The lowest BCUT2D eigenvalue weighted by atomic mass is 10.1. The first-order valence-corrected chi connectivity index (χ1v) is 6.90. The molecule has 0 bridgehead atoms. The van der Waals surface area contributed by atoms with Crippen LogP contribution in [0.15, 0.2) is 30.3 Å². The van der Waals surface area contributed by atoms with E-state index in [1.54, 1.807) is 0 Å². The first-order valence-electron chi connectivity index (χ1n) is 5.42. The molecule has 6 nitrogen and oxygen atoms in total. The molecule has 1 atom stereocenters. The average molecular weight is 272 g/mol. The Kier molecular flexibility index (Phi) is 5.26. The molecule has 0 saturated heterocycles. The van der Waals surface area contributed by atoms with E-state index in [0.29, 0.717) is 6.42 Å². The van der Waals surface area contributed by atoms with Crippen molar-refractivity contribution in [3.05, 3.63) is 35.9 Å². The summed E-state index contributed by atoms with van der Waals surface area (Å²) >= 11 is 0. The third kappa shape index (κ3) is 4.82. The van der Waals surface area contributed by atoms with Gasteiger partial charge in [-0.2, -0.15) is 13.1 Å². The number of aliphatic carboxylic acids is 1. The van der Waals surface area contributed by atoms with Gasteiger partial charge < -0.3 is 5.11 Å². The Balaban J connectivity index is 2.62. The highest BCUT2D eigenvalue weighted by molar-refractivity contribution is 7.87. The molecule has 0 aromatic heterocycles. The van der Waals surface area contributed by atoms with E-state index < -0.39 is 22.2 Å². The summed E-state index contributed by atoms with van der Waals surface area (Å²) in [6, 6.07) is 8.16. The van der Waals surface area contributed by atoms with Crippen LogP contribution in [0.4, 0.5) is 0 Å². The highest BCUT2D eigenvalue weighted by atomic mass is 32.2. The number of aryl methyl sites for hydroxylation is 1. The number of carboxylic acid groups (broad SMARTS) is 1. The van der Waals surface area contributed by atoms with E-state index in [-0.39, 0.29) is 6.42 Å². The molecule has 18 heavy (non-hydrogen) atoms. The highest BCUT2D eigenvalue weighted by Crippen LogP contribution is 2.05. The van der Waals surface area contributed by atoms with Gasteiger partial charge in [-0.1, -0.05) is 30.3 Å². The molecule has 0 fully saturated rings. The second kappa shape index (κ2) is 6.48. The number of benzene rings is 1. The van der Waals surface area contributed by atoms with Gasteiger partial charge >= 0.3 is 5.97 Å². The third-order valence-electron chi connectivity index (χ3n) is 2.43. The number of hydrogen-bond donors (Lipinski definition) is 3. The molecule has 0 saturated carbocycles. The molecule has 0 aliphatic rings. The molecule has 0 unspecified atom stereocenters. The van der Waals surface area contributed by atoms with Crippen molar-refractivity contribution in [1.82, 2.24) is 9.44 Å². The zero-order chi connectivity index (χ0) is 13.6. The number of hydrogen-bond acceptors (Lipinski definition) is 3. The Morgan fingerprint density at radius 1 is 1.33 bits per heavy atom. The summed E-state index contributed by atoms with van der Waals surface area (Å²) in [6.07, 6.45) is 0.685. The topological polar surface area (TPSA) is 95.5 Å². The lowest BCUT2D eigenvalue weighted by Crippen LogP contribution is -2.45. The van der Waals surface area contributed by atoms with E-state index in [1.807, 2.05) is 35.1 Å². The molecular formula is C11H16N2O4S. The highest BCUT2D eigenvalue weighted by Gasteiger charge is 2.22. The van der Waals surface area contributed by atoms with E-state index in [2.05, 4.69) is 4.72 Å². The molecule has 7 heteroatoms. The predicted molar refractivity (Wildman–Crippen MR) is 67.3 cm³/mol. The minimum Gasteiger partial charge on any atom is -0.480 e. The van der Waals surface area contributed by atoms with Crippen molar-refractivity contribution in [3.8, 4) is 0 Å². The fourth-order valence-corrected chi connectivity index (χ4v) is 2.15. The predicted octanol–water partition coefficient (Wildman–Crippen LogP) is 0.126. The van der Waals surface area contributed by atoms with Gasteiger partial charge in [-0.15, -0.1) is 0 Å². The van der Waals surface area contributed by atoms with Crippen LogP contribution in [0.3, 0.4) is 0 Å². The van der Waals surface area contributed by atoms with Crippen LogP contribution in [-0.4, -0.2) is 32.6 Å². The Bertz CT molecular complexity index is 487. The maximum atomic E-state index is 11.2. The summed E-state index contributed by atoms with van der Waals surface area (Å²) < 4.78 is 26.6. The number of rotatable bonds is 7. The van der Waals surface area contributed by atoms with Crippen molar-refractivity contribution in [2.45, 2.75) is 18.9 Å². The van der Waals surface area contributed by atoms with Crippen molar-refractivity contribution in [3.63, 3.8) is 0 Å². The van der Waals surface area contributed by atoms with E-state index >= 15 is 0 Å². The summed E-state index contributed by atoms with van der Waals surface area (Å²) in [5.41, 5.74) is 0.965. The molecule has 3 N–H and O–H groups in total. The summed E-state index contributed by atoms with van der Waals surface area (Å²) in [7, 11) is -2.53. The van der Waals surface area contributed by atoms with Crippen LogP contribution in [0.5, 0.6) is 0 Å². The molecular weight excluding hydrogens is 256 g/mol. The Labute approximate surface area is 106 Å². The largest absolute Gasteiger partial charge is 0.480 e. The molecule has 0 spiro atoms. The molecule has 0 radical (unpaired) electrons. The van der Waals surface area contributed by atoms with Gasteiger partial charge in [0, 0.05) is 7.05 Å². The van der Waals surface area contributed by atoms with E-state index in [4.69, 9.17) is 5.11 Å². The first-order chi connectivity index (χ1) is 8.44. The van der Waals surface area contributed by atoms with Crippen LogP contribution in [0, 0.1) is 0 Å². The van der Waals surface area contributed by atoms with Crippen LogP contribution in [0.25, 0.3) is 0 Å². The number of carbonyl (C=O) groups is 1. The van der Waals surface area contributed by atoms with Crippen LogP contribution in [0.1, 0.15) is 12.0 Å². The average Bonchev–Trinajstić information content (AvgIpc) is 2.35. The fraction of sp³-hybridized carbons (Fsp3) is 0.364. The van der Waals surface area contributed by atoms with Crippen LogP contribution < -0.4 is 9.44 Å². The SMILES string of the molecule is CNS(=O)(=O)N[C@@H](CCc1ccccc1)C(=O)O. The van der Waals surface area contributed by atoms with Crippen molar-refractivity contribution in [2.24, 2.45) is 0 Å². The Hall–Kier alpha value is -1.44. The van der Waals surface area contributed by atoms with Gasteiger partial charge in [0.1, 0.15) is 6.04 Å². The lowest BCUT2D eigenvalue weighted by molar-refractivity contribution is -0.139. The molecule has 1 aromatic rings. The zero-order valence-electron chi connectivity index (χ0n) is 9.96. The van der Waals surface area contributed by atoms with Crippen LogP contribution >= 0.6 is 0 Å². The molecule has 0 heterocycles. The maximum absolute atomic E-state index is 11.2. The van der Waals surface area contributed by atoms with Crippen LogP contribution in [0.2, 0.25) is 0 Å². The maximum Gasteiger partial charge on any atom is 0.321 e. The molecule has 1 rings (SSSR count). The van der Waals surface area contributed by atoms with Gasteiger partial charge in [0.2, 0.25) is 0 Å². The van der Waals surface area contributed by atoms with Crippen molar-refractivity contribution >= 4 is 16.2 Å². The van der Waals surface area contributed by atoms with Gasteiger partial charge in [0.15, 0.2) is 0 Å². The van der Waals surface area contributed by atoms with Crippen molar-refractivity contribution in [2.75, 3.05) is 7.05 Å². The summed E-state index contributed by atoms with van der Waals surface area (Å²) in [5.74, 6) is -1.19. The number of carboxylic acids is 1. The lowest BCUT2D eigenvalue weighted by Gasteiger charge is -2.13. The standard InChI is InChI=1S/C11H16N2O4S/c1-12-18(16,17)13-10(11(14)15)8-7-9-5-3-2-4-6-9/h2-6,10,12-13H,7-8H2,1H3,(H,14,15)/t10-/m0/s1. The molecule has 100 valence electrons. The van der Waals surface area contributed by atoms with Gasteiger partial charge in [-0.05, 0) is 18.4 Å². The second-order valence-corrected chi connectivity index (χ2v) is 5.39. The quantitative estimate of drug-likeness (QED) is 0.657. The first kappa shape index (κ1) is 14.6. The van der Waals surface area contributed by atoms with E-state index in [9.17, 15) is 13.2 Å². The monoisotopic (exact) mass is 272 g/mol. The number of nitrogens with one attached hydrogen (secondary N) is 2. The van der Waals surface area contributed by atoms with Gasteiger partial charge in [-0.3, -0.25) is 4.79 Å². The summed E-state index contributed by atoms with van der Waals surface area (Å²) in [6.45, 7) is 0. The Morgan fingerprint density at radius 3 is 2.44 bits per heavy atom. The Morgan fingerprint density at radius 2 is 1.94 bits per heavy atom. The normalized spacial score (nSPS) is 13.2. The minimum atomic E-state index is -3.75. The summed E-state index contributed by atoms with van der Waals surface area (Å²) in [4.78, 5) is 11.0. The second-order valence-electron chi connectivity index (χ2n) is 3.74. The van der Waals surface area contributed by atoms with Crippen LogP contribution in [-0.2, 0) is 21.4 Å². The molecule has 0 aliphatic carbocycles. The molecule has 0 amide bonds. The smallest absolute Gasteiger partial charge is 0.321 e. The van der Waals surface area contributed by atoms with Crippen molar-refractivity contribution in [1.29, 1.82) is 0 Å². The fourth-order valence-electron chi connectivity index (χ4n) is 1.43. The van der Waals surface area contributed by atoms with E-state index in [0.717, 1.165) is 5.56 Å². The van der Waals surface area contributed by atoms with Crippen molar-refractivity contribution < 1.29 is 18.3 Å². The van der Waals surface area contributed by atoms with Gasteiger partial charge in [0.05, 0.1) is 0 Å². The summed E-state index contributed by atoms with van der Waals surface area (Å²) in [5, 5.41) is 8.96. The zero-order valence-corrected chi connectivity index (χ0v) is 10.8. The van der Waals surface area contributed by atoms with Gasteiger partial charge in [0.25, 0.3) is 10.2 Å². The molecule has 1 aromatic carbocycles. The third-order valence-corrected chi connectivity index (χ3v) is 3.56. The van der Waals surface area contributed by atoms with Gasteiger partial charge in [-0.25, -0.2) is 4.72 Å². The molecule has 0 aliphatic heterocycles. The minimum absolute atomic E-state index is 0.195.